The average Bonchev–Trinajstić information content (AvgIpc) is 2.99. The molecule has 2 atom stereocenters. The van der Waals surface area contributed by atoms with Crippen LogP contribution in [-0.4, -0.2) is 34.5 Å². The minimum atomic E-state index is -0.992. The number of amidine groups is 1. The first kappa shape index (κ1) is 18.4. The number of aliphatic imine (C=N–C) groups is 1. The van der Waals surface area contributed by atoms with Crippen LogP contribution in [0.5, 0.6) is 11.5 Å². The molecule has 2 aromatic carbocycles. The average molecular weight is 397 g/mol. The Morgan fingerprint density at radius 3 is 2.60 bits per heavy atom. The number of rotatable bonds is 2. The van der Waals surface area contributed by atoms with Gasteiger partial charge in [-0.05, 0) is 48.4 Å². The van der Waals surface area contributed by atoms with Crippen LogP contribution in [0.15, 0.2) is 47.5 Å². The van der Waals surface area contributed by atoms with Gasteiger partial charge in [-0.3, -0.25) is 4.99 Å². The zero-order chi connectivity index (χ0) is 16.9. The number of benzene rings is 2. The second-order valence-corrected chi connectivity index (χ2v) is 7.58. The monoisotopic (exact) mass is 396 g/mol. The van der Waals surface area contributed by atoms with Gasteiger partial charge in [-0.2, -0.15) is 0 Å². The van der Waals surface area contributed by atoms with Crippen molar-refractivity contribution >= 4 is 40.9 Å². The lowest BCUT2D eigenvalue weighted by Gasteiger charge is -2.31. The summed E-state index contributed by atoms with van der Waals surface area (Å²) in [5.41, 5.74) is 1.06. The molecule has 1 N–H and O–H groups in total. The molecule has 0 aromatic heterocycles. The van der Waals surface area contributed by atoms with Crippen molar-refractivity contribution < 1.29 is 9.84 Å². The molecule has 0 saturated carbocycles. The van der Waals surface area contributed by atoms with Crippen LogP contribution in [0.1, 0.15) is 11.1 Å². The van der Waals surface area contributed by atoms with Gasteiger partial charge in [0.05, 0.1) is 5.25 Å². The SMILES string of the molecule is CN=C1SC2Cc3cc(Oc4ccc(Cl)cc4)ccc3C2(O)N1C.Cl. The Kier molecular flexibility index (Phi) is 4.95. The van der Waals surface area contributed by atoms with Crippen molar-refractivity contribution in [3.05, 3.63) is 58.6 Å². The van der Waals surface area contributed by atoms with Crippen LogP contribution in [0, 0.1) is 0 Å². The molecule has 4 rings (SSSR count). The number of fused-ring (bicyclic) bond motifs is 3. The maximum absolute atomic E-state index is 11.2. The van der Waals surface area contributed by atoms with Crippen LogP contribution < -0.4 is 4.74 Å². The minimum Gasteiger partial charge on any atom is -0.457 e. The highest BCUT2D eigenvalue weighted by Gasteiger charge is 2.55. The Bertz CT molecular complexity index is 828. The first-order valence-electron chi connectivity index (χ1n) is 7.69. The predicted octanol–water partition coefficient (Wildman–Crippen LogP) is 4.29. The molecule has 7 heteroatoms. The van der Waals surface area contributed by atoms with E-state index in [0.29, 0.717) is 5.02 Å². The molecule has 0 amide bonds. The Hall–Kier alpha value is -1.40. The van der Waals surface area contributed by atoms with Crippen LogP contribution in [0.3, 0.4) is 0 Å². The van der Waals surface area contributed by atoms with Crippen molar-refractivity contribution in [3.63, 3.8) is 0 Å². The summed E-state index contributed by atoms with van der Waals surface area (Å²) in [5.74, 6) is 1.50. The lowest BCUT2D eigenvalue weighted by molar-refractivity contribution is -0.0496. The van der Waals surface area contributed by atoms with Crippen molar-refractivity contribution in [2.75, 3.05) is 14.1 Å². The van der Waals surface area contributed by atoms with Gasteiger partial charge in [-0.1, -0.05) is 29.4 Å². The first-order chi connectivity index (χ1) is 11.5. The van der Waals surface area contributed by atoms with E-state index in [9.17, 15) is 5.11 Å². The minimum absolute atomic E-state index is 0. The second-order valence-electron chi connectivity index (χ2n) is 5.98. The van der Waals surface area contributed by atoms with Crippen LogP contribution >= 0.6 is 35.8 Å². The van der Waals surface area contributed by atoms with Gasteiger partial charge >= 0.3 is 0 Å². The van der Waals surface area contributed by atoms with Crippen molar-refractivity contribution in [2.24, 2.45) is 4.99 Å². The van der Waals surface area contributed by atoms with Crippen LogP contribution in [-0.2, 0) is 12.1 Å². The number of nitrogens with zero attached hydrogens (tertiary/aromatic N) is 2. The van der Waals surface area contributed by atoms with Crippen molar-refractivity contribution in [3.8, 4) is 11.5 Å². The molecule has 132 valence electrons. The van der Waals surface area contributed by atoms with Crippen LogP contribution in [0.4, 0.5) is 0 Å². The highest BCUT2D eigenvalue weighted by Crippen LogP contribution is 2.51. The molecule has 0 spiro atoms. The fraction of sp³-hybridized carbons (Fsp3) is 0.278. The molecular formula is C18H18Cl2N2O2S. The number of hydrogen-bond acceptors (Lipinski definition) is 4. The van der Waals surface area contributed by atoms with E-state index < -0.39 is 5.72 Å². The molecule has 1 heterocycles. The molecule has 4 nitrogen and oxygen atoms in total. The predicted molar refractivity (Wildman–Crippen MR) is 105 cm³/mol. The molecule has 1 fully saturated rings. The van der Waals surface area contributed by atoms with E-state index in [0.717, 1.165) is 34.2 Å². The summed E-state index contributed by atoms with van der Waals surface area (Å²) in [6.45, 7) is 0. The highest BCUT2D eigenvalue weighted by molar-refractivity contribution is 8.14. The topological polar surface area (TPSA) is 45.1 Å². The summed E-state index contributed by atoms with van der Waals surface area (Å²) in [5, 5.41) is 12.8. The highest BCUT2D eigenvalue weighted by atomic mass is 35.5. The third-order valence-electron chi connectivity index (χ3n) is 4.61. The molecule has 1 aliphatic heterocycles. The molecule has 2 unspecified atom stereocenters. The number of ether oxygens (including phenoxy) is 1. The Labute approximate surface area is 162 Å². The number of thioether (sulfide) groups is 1. The Morgan fingerprint density at radius 2 is 1.92 bits per heavy atom. The first-order valence-corrected chi connectivity index (χ1v) is 8.94. The van der Waals surface area contributed by atoms with Crippen LogP contribution in [0.2, 0.25) is 5.02 Å². The lowest BCUT2D eigenvalue weighted by atomic mass is 10.0. The molecule has 2 aliphatic rings. The summed E-state index contributed by atoms with van der Waals surface area (Å²) in [4.78, 5) is 6.13. The maximum atomic E-state index is 11.2. The van der Waals surface area contributed by atoms with Crippen molar-refractivity contribution in [2.45, 2.75) is 17.4 Å². The summed E-state index contributed by atoms with van der Waals surface area (Å²) in [6.07, 6.45) is 0.789. The van der Waals surface area contributed by atoms with E-state index in [4.69, 9.17) is 16.3 Å². The van der Waals surface area contributed by atoms with Crippen molar-refractivity contribution in [1.82, 2.24) is 4.90 Å². The molecule has 0 bridgehead atoms. The van der Waals surface area contributed by atoms with E-state index in [2.05, 4.69) is 4.99 Å². The van der Waals surface area contributed by atoms with Crippen molar-refractivity contribution in [1.29, 1.82) is 0 Å². The van der Waals surface area contributed by atoms with Gasteiger partial charge < -0.3 is 14.7 Å². The van der Waals surface area contributed by atoms with E-state index in [-0.39, 0.29) is 17.7 Å². The van der Waals surface area contributed by atoms with Crippen LogP contribution in [0.25, 0.3) is 0 Å². The van der Waals surface area contributed by atoms with Gasteiger partial charge in [-0.15, -0.1) is 12.4 Å². The Balaban J connectivity index is 0.00000182. The smallest absolute Gasteiger partial charge is 0.178 e. The zero-order valence-corrected chi connectivity index (χ0v) is 16.2. The van der Waals surface area contributed by atoms with Gasteiger partial charge in [0, 0.05) is 24.7 Å². The largest absolute Gasteiger partial charge is 0.457 e. The van der Waals surface area contributed by atoms with Gasteiger partial charge in [-0.25, -0.2) is 0 Å². The van der Waals surface area contributed by atoms with E-state index in [1.807, 2.05) is 42.3 Å². The van der Waals surface area contributed by atoms with Gasteiger partial charge in [0.2, 0.25) is 0 Å². The summed E-state index contributed by atoms with van der Waals surface area (Å²) in [7, 11) is 3.65. The summed E-state index contributed by atoms with van der Waals surface area (Å²) < 4.78 is 5.90. The molecular weight excluding hydrogens is 379 g/mol. The standard InChI is InChI=1S/C18H17ClN2O2S.ClH/c1-20-17-21(2)18(22)15-8-7-14(9-11(15)10-16(18)24-17)23-13-5-3-12(19)4-6-13;/h3-9,16,22H,10H2,1-2H3;1H. The fourth-order valence-electron chi connectivity index (χ4n) is 3.39. The molecule has 1 aliphatic carbocycles. The second kappa shape index (κ2) is 6.72. The van der Waals surface area contributed by atoms with E-state index in [1.165, 1.54) is 0 Å². The summed E-state index contributed by atoms with van der Waals surface area (Å²) >= 11 is 7.53. The van der Waals surface area contributed by atoms with E-state index in [1.54, 1.807) is 30.9 Å². The third kappa shape index (κ3) is 2.89. The van der Waals surface area contributed by atoms with Gasteiger partial charge in [0.15, 0.2) is 10.9 Å². The third-order valence-corrected chi connectivity index (χ3v) is 6.31. The molecule has 25 heavy (non-hydrogen) atoms. The summed E-state index contributed by atoms with van der Waals surface area (Å²) in [6, 6.07) is 13.1. The normalized spacial score (nSPS) is 25.5. The zero-order valence-electron chi connectivity index (χ0n) is 13.8. The Morgan fingerprint density at radius 1 is 1.24 bits per heavy atom. The number of hydrogen-bond donors (Lipinski definition) is 1. The fourth-order valence-corrected chi connectivity index (χ4v) is 4.89. The quantitative estimate of drug-likeness (QED) is 0.821. The lowest BCUT2D eigenvalue weighted by Crippen LogP contribution is -2.44. The number of halogens is 2. The molecule has 0 radical (unpaired) electrons. The molecule has 2 aromatic rings. The molecule has 1 saturated heterocycles. The van der Waals surface area contributed by atoms with E-state index >= 15 is 0 Å². The maximum Gasteiger partial charge on any atom is 0.178 e. The number of aliphatic hydroxyl groups is 1. The van der Waals surface area contributed by atoms with Gasteiger partial charge in [0.1, 0.15) is 11.5 Å². The van der Waals surface area contributed by atoms with Gasteiger partial charge in [0.25, 0.3) is 0 Å².